The largest absolute Gasteiger partial charge is 0.508 e. The normalized spacial score (nSPS) is 12.7. The van der Waals surface area contributed by atoms with Crippen molar-refractivity contribution in [2.45, 2.75) is 39.6 Å². The van der Waals surface area contributed by atoms with Gasteiger partial charge in [-0.05, 0) is 27.7 Å². The molecule has 0 aromatic carbocycles. The van der Waals surface area contributed by atoms with E-state index in [0.717, 1.165) is 0 Å². The summed E-state index contributed by atoms with van der Waals surface area (Å²) in [5.41, 5.74) is -0.473. The summed E-state index contributed by atoms with van der Waals surface area (Å²) in [7, 11) is 0. The van der Waals surface area contributed by atoms with Crippen LogP contribution in [0.1, 0.15) is 27.7 Å². The molecule has 0 bridgehead atoms. The van der Waals surface area contributed by atoms with Crippen LogP contribution in [-0.2, 0) is 24.0 Å². The zero-order chi connectivity index (χ0) is 14.3. The maximum absolute atomic E-state index is 11.1. The summed E-state index contributed by atoms with van der Waals surface area (Å²) in [6, 6.07) is 0. The van der Waals surface area contributed by atoms with Gasteiger partial charge in [0.1, 0.15) is 0 Å². The molecule has 0 aliphatic carbocycles. The summed E-state index contributed by atoms with van der Waals surface area (Å²) in [6.07, 6.45) is -2.92. The van der Waals surface area contributed by atoms with Gasteiger partial charge in [0.05, 0.1) is 5.60 Å². The Morgan fingerprint density at radius 3 is 2.28 bits per heavy atom. The van der Waals surface area contributed by atoms with E-state index in [-0.39, 0.29) is 5.57 Å². The van der Waals surface area contributed by atoms with Crippen LogP contribution < -0.4 is 0 Å². The van der Waals surface area contributed by atoms with Gasteiger partial charge in [0.2, 0.25) is 0 Å². The fraction of sp³-hybridized carbons (Fsp3) is 0.636. The highest BCUT2D eigenvalue weighted by Gasteiger charge is 2.22. The van der Waals surface area contributed by atoms with E-state index >= 15 is 0 Å². The van der Waals surface area contributed by atoms with Gasteiger partial charge in [0.25, 0.3) is 6.29 Å². The highest BCUT2D eigenvalue weighted by atomic mass is 17.2. The fourth-order valence-electron chi connectivity index (χ4n) is 0.659. The number of rotatable bonds is 6. The summed E-state index contributed by atoms with van der Waals surface area (Å²) in [4.78, 5) is 31.1. The van der Waals surface area contributed by atoms with Gasteiger partial charge in [-0.2, -0.15) is 4.89 Å². The first-order valence-electron chi connectivity index (χ1n) is 5.18. The third kappa shape index (κ3) is 8.54. The van der Waals surface area contributed by atoms with Crippen molar-refractivity contribution >= 4 is 12.1 Å². The molecule has 1 N–H and O–H groups in total. The summed E-state index contributed by atoms with van der Waals surface area (Å²) in [6.45, 7) is 9.51. The van der Waals surface area contributed by atoms with Crippen molar-refractivity contribution in [1.29, 1.82) is 0 Å². The van der Waals surface area contributed by atoms with E-state index in [1.807, 2.05) is 0 Å². The first-order valence-corrected chi connectivity index (χ1v) is 5.18. The van der Waals surface area contributed by atoms with Gasteiger partial charge in [0.15, 0.2) is 6.61 Å². The smallest absolute Gasteiger partial charge is 0.456 e. The molecule has 7 nitrogen and oxygen atoms in total. The second-order valence-electron chi connectivity index (χ2n) is 4.48. The highest BCUT2D eigenvalue weighted by Crippen LogP contribution is 2.10. The molecule has 0 aromatic heterocycles. The second kappa shape index (κ2) is 6.97. The summed E-state index contributed by atoms with van der Waals surface area (Å²) >= 11 is 0. The summed E-state index contributed by atoms with van der Waals surface area (Å²) in [5, 5.41) is 8.47. The van der Waals surface area contributed by atoms with Crippen LogP contribution >= 0.6 is 0 Å². The lowest BCUT2D eigenvalue weighted by Gasteiger charge is -2.22. The minimum atomic E-state index is -1.57. The molecule has 0 fully saturated rings. The van der Waals surface area contributed by atoms with E-state index in [1.165, 1.54) is 6.92 Å². The van der Waals surface area contributed by atoms with E-state index < -0.39 is 30.6 Å². The molecule has 0 amide bonds. The Bertz CT molecular complexity index is 316. The molecule has 0 rings (SSSR count). The monoisotopic (exact) mass is 262 g/mol. The fourth-order valence-corrected chi connectivity index (χ4v) is 0.659. The summed E-state index contributed by atoms with van der Waals surface area (Å²) < 4.78 is 9.04. The summed E-state index contributed by atoms with van der Waals surface area (Å²) in [5.74, 6) is -0.673. The highest BCUT2D eigenvalue weighted by molar-refractivity contribution is 5.86. The molecule has 0 radical (unpaired) electrons. The van der Waals surface area contributed by atoms with Crippen molar-refractivity contribution in [2.24, 2.45) is 0 Å². The van der Waals surface area contributed by atoms with Gasteiger partial charge in [0, 0.05) is 5.57 Å². The Hall–Kier alpha value is -1.60. The van der Waals surface area contributed by atoms with Gasteiger partial charge >= 0.3 is 12.1 Å². The molecule has 0 saturated carbocycles. The van der Waals surface area contributed by atoms with Crippen LogP contribution in [0.25, 0.3) is 0 Å². The third-order valence-electron chi connectivity index (χ3n) is 1.34. The quantitative estimate of drug-likeness (QED) is 0.257. The number of esters is 1. The Morgan fingerprint density at radius 1 is 1.33 bits per heavy atom. The molecule has 0 aliphatic rings. The molecule has 0 heterocycles. The number of ether oxygens (including phenoxy) is 2. The van der Waals surface area contributed by atoms with Crippen molar-refractivity contribution in [2.75, 3.05) is 6.61 Å². The Kier molecular flexibility index (Phi) is 6.35. The molecule has 1 atom stereocenters. The molecule has 104 valence electrons. The predicted molar refractivity (Wildman–Crippen MR) is 60.6 cm³/mol. The van der Waals surface area contributed by atoms with Gasteiger partial charge in [-0.25, -0.2) is 14.5 Å². The lowest BCUT2D eigenvalue weighted by atomic mass is 10.2. The zero-order valence-electron chi connectivity index (χ0n) is 10.9. The van der Waals surface area contributed by atoms with Gasteiger partial charge in [-0.1, -0.05) is 6.58 Å². The van der Waals surface area contributed by atoms with E-state index in [9.17, 15) is 9.59 Å². The Balaban J connectivity index is 4.27. The van der Waals surface area contributed by atoms with Crippen LogP contribution in [0, 0.1) is 0 Å². The minimum Gasteiger partial charge on any atom is -0.456 e. The number of carbonyl (C=O) groups excluding carboxylic acids is 1. The van der Waals surface area contributed by atoms with Gasteiger partial charge < -0.3 is 14.6 Å². The molecule has 1 unspecified atom stereocenters. The first kappa shape index (κ1) is 16.4. The van der Waals surface area contributed by atoms with Gasteiger partial charge in [-0.3, -0.25) is 0 Å². The predicted octanol–water partition coefficient (Wildman–Crippen LogP) is 1.87. The van der Waals surface area contributed by atoms with Crippen LogP contribution in [0.2, 0.25) is 0 Å². The second-order valence-corrected chi connectivity index (χ2v) is 4.48. The topological polar surface area (TPSA) is 91.3 Å². The lowest BCUT2D eigenvalue weighted by molar-refractivity contribution is -0.412. The molecule has 0 aliphatic heterocycles. The van der Waals surface area contributed by atoms with Crippen LogP contribution in [0.15, 0.2) is 12.2 Å². The van der Waals surface area contributed by atoms with Crippen molar-refractivity contribution in [3.63, 3.8) is 0 Å². The van der Waals surface area contributed by atoms with E-state index in [4.69, 9.17) is 19.6 Å². The third-order valence-corrected chi connectivity index (χ3v) is 1.34. The van der Waals surface area contributed by atoms with Crippen LogP contribution in [0.4, 0.5) is 4.79 Å². The first-order chi connectivity index (χ1) is 8.11. The average molecular weight is 262 g/mol. The van der Waals surface area contributed by atoms with Crippen molar-refractivity contribution in [3.8, 4) is 0 Å². The van der Waals surface area contributed by atoms with E-state index in [1.54, 1.807) is 20.8 Å². The number of hydrogen-bond acceptors (Lipinski definition) is 6. The van der Waals surface area contributed by atoms with Crippen molar-refractivity contribution in [3.05, 3.63) is 12.2 Å². The molecular weight excluding hydrogens is 244 g/mol. The van der Waals surface area contributed by atoms with Crippen LogP contribution in [-0.4, -0.2) is 35.7 Å². The number of carbonyl (C=O) groups is 2. The van der Waals surface area contributed by atoms with Crippen molar-refractivity contribution in [1.82, 2.24) is 0 Å². The SMILES string of the molecule is C=C(C)C(=O)OCC(OOC(C)(C)C)OC(=O)O. The van der Waals surface area contributed by atoms with Gasteiger partial charge in [-0.15, -0.1) is 0 Å². The minimum absolute atomic E-state index is 0.181. The molecular formula is C11H18O7. The van der Waals surface area contributed by atoms with E-state index in [2.05, 4.69) is 11.3 Å². The van der Waals surface area contributed by atoms with E-state index in [0.29, 0.717) is 0 Å². The lowest BCUT2D eigenvalue weighted by Crippen LogP contribution is -2.31. The Labute approximate surface area is 105 Å². The maximum Gasteiger partial charge on any atom is 0.508 e. The van der Waals surface area contributed by atoms with Crippen LogP contribution in [0.3, 0.4) is 0 Å². The van der Waals surface area contributed by atoms with Crippen LogP contribution in [0.5, 0.6) is 0 Å². The standard InChI is InChI=1S/C11H18O7/c1-7(2)9(12)15-6-8(16-10(13)14)17-18-11(3,4)5/h8H,1,6H2,2-5H3,(H,13,14). The maximum atomic E-state index is 11.1. The zero-order valence-corrected chi connectivity index (χ0v) is 10.9. The Morgan fingerprint density at radius 2 is 1.89 bits per heavy atom. The molecule has 0 saturated heterocycles. The van der Waals surface area contributed by atoms with Crippen molar-refractivity contribution < 1.29 is 33.9 Å². The molecule has 7 heteroatoms. The molecule has 18 heavy (non-hydrogen) atoms. The average Bonchev–Trinajstić information content (AvgIpc) is 2.19. The molecule has 0 aromatic rings. The number of hydrogen-bond donors (Lipinski definition) is 1. The number of carboxylic acid groups (broad SMARTS) is 1. The molecule has 0 spiro atoms.